The van der Waals surface area contributed by atoms with Crippen LogP contribution in [0.5, 0.6) is 23.0 Å². The van der Waals surface area contributed by atoms with Gasteiger partial charge in [-0.2, -0.15) is 0 Å². The van der Waals surface area contributed by atoms with Gasteiger partial charge in [0.15, 0.2) is 18.1 Å². The molecule has 13 heteroatoms. The third kappa shape index (κ3) is 8.75. The molecular formula is C38H34FN3O8S. The number of ether oxygens (including phenoxy) is 4. The summed E-state index contributed by atoms with van der Waals surface area (Å²) in [6.07, 6.45) is 0. The van der Waals surface area contributed by atoms with E-state index in [0.717, 1.165) is 23.3 Å². The van der Waals surface area contributed by atoms with Crippen molar-refractivity contribution in [3.05, 3.63) is 144 Å². The minimum absolute atomic E-state index is 0.0603. The van der Waals surface area contributed by atoms with Crippen molar-refractivity contribution in [3.63, 3.8) is 0 Å². The lowest BCUT2D eigenvalue weighted by atomic mass is 10.0. The molecule has 0 saturated carbocycles. The van der Waals surface area contributed by atoms with E-state index in [1.54, 1.807) is 55.6 Å². The van der Waals surface area contributed by atoms with Gasteiger partial charge in [-0.3, -0.25) is 14.3 Å². The highest BCUT2D eigenvalue weighted by atomic mass is 32.2. The van der Waals surface area contributed by atoms with Gasteiger partial charge < -0.3 is 29.2 Å². The van der Waals surface area contributed by atoms with Gasteiger partial charge in [0.05, 0.1) is 12.0 Å². The largest absolute Gasteiger partial charge is 0.497 e. The quantitative estimate of drug-likeness (QED) is 0.147. The van der Waals surface area contributed by atoms with Gasteiger partial charge in [-0.1, -0.05) is 48.5 Å². The second kappa shape index (κ2) is 15.6. The Bertz CT molecular complexity index is 2080. The molecule has 1 aliphatic heterocycles. The summed E-state index contributed by atoms with van der Waals surface area (Å²) in [7, 11) is -2.42. The van der Waals surface area contributed by atoms with Crippen LogP contribution in [0.4, 0.5) is 10.1 Å². The van der Waals surface area contributed by atoms with Crippen molar-refractivity contribution in [2.45, 2.75) is 24.0 Å². The van der Waals surface area contributed by atoms with Crippen molar-refractivity contribution < 1.29 is 41.3 Å². The highest BCUT2D eigenvalue weighted by Crippen LogP contribution is 2.33. The molecule has 0 saturated heterocycles. The first-order chi connectivity index (χ1) is 24.7. The summed E-state index contributed by atoms with van der Waals surface area (Å²) < 4.78 is 63.4. The molecule has 1 heterocycles. The Morgan fingerprint density at radius 3 is 2.20 bits per heavy atom. The number of carbonyl (C=O) groups is 2. The molecule has 0 bridgehead atoms. The molecule has 0 radical (unpaired) electrons. The van der Waals surface area contributed by atoms with Crippen molar-refractivity contribution in [2.75, 3.05) is 25.2 Å². The number of carbonyl (C=O) groups excluding carboxylic acids is 2. The third-order valence-electron chi connectivity index (χ3n) is 8.00. The fraction of sp³-hybridized carbons (Fsp3) is 0.158. The molecule has 5 aromatic rings. The number of fused-ring (bicyclic) bond motifs is 1. The summed E-state index contributed by atoms with van der Waals surface area (Å²) in [5, 5.41) is 2.97. The fourth-order valence-corrected chi connectivity index (χ4v) is 6.43. The van der Waals surface area contributed by atoms with E-state index in [-0.39, 0.29) is 36.2 Å². The predicted octanol–water partition coefficient (Wildman–Crippen LogP) is 5.83. The third-order valence-corrected chi connectivity index (χ3v) is 9.40. The van der Waals surface area contributed by atoms with Crippen LogP contribution in [-0.2, 0) is 32.7 Å². The van der Waals surface area contributed by atoms with Gasteiger partial charge in [-0.15, -0.1) is 0 Å². The van der Waals surface area contributed by atoms with Gasteiger partial charge in [-0.05, 0) is 89.5 Å². The lowest BCUT2D eigenvalue weighted by molar-refractivity contribution is -0.143. The van der Waals surface area contributed by atoms with Crippen molar-refractivity contribution >= 4 is 27.5 Å². The number of nitrogens with one attached hydrogen (secondary N) is 2. The number of halogens is 1. The van der Waals surface area contributed by atoms with Gasteiger partial charge in [0.25, 0.3) is 15.9 Å². The summed E-state index contributed by atoms with van der Waals surface area (Å²) in [6.45, 7) is -0.0842. The molecule has 2 amide bonds. The summed E-state index contributed by atoms with van der Waals surface area (Å²) in [4.78, 5) is 29.5. The molecule has 5 aromatic carbocycles. The van der Waals surface area contributed by atoms with E-state index < -0.39 is 40.3 Å². The number of hydrogen-bond acceptors (Lipinski definition) is 8. The first-order valence-corrected chi connectivity index (χ1v) is 17.3. The number of anilines is 1. The Hall–Kier alpha value is -6.08. The Labute approximate surface area is 294 Å². The molecule has 51 heavy (non-hydrogen) atoms. The molecular weight excluding hydrogens is 677 g/mol. The average Bonchev–Trinajstić information content (AvgIpc) is 3.63. The molecule has 1 atom stereocenters. The monoisotopic (exact) mass is 711 g/mol. The molecule has 11 nitrogen and oxygen atoms in total. The number of sulfonamides is 1. The zero-order chi connectivity index (χ0) is 35.8. The maximum Gasteiger partial charge on any atom is 0.261 e. The van der Waals surface area contributed by atoms with Gasteiger partial charge in [0, 0.05) is 18.8 Å². The standard InChI is InChI=1S/C38H34FN3O8S/c1-47-31-14-7-26(8-15-31)23-42(36(43)24-48-32-16-18-33(19-17-32)51(45,46)41-30-12-10-29(39)11-13-30)37(28-5-3-2-4-6-28)38(44)40-22-27-9-20-34-35(21-27)50-25-49-34/h2-21,37,41H,22-25H2,1H3,(H,40,44). The predicted molar refractivity (Wildman–Crippen MR) is 186 cm³/mol. The highest BCUT2D eigenvalue weighted by Gasteiger charge is 2.32. The zero-order valence-electron chi connectivity index (χ0n) is 27.5. The van der Waals surface area contributed by atoms with Crippen LogP contribution in [0.25, 0.3) is 0 Å². The molecule has 0 spiro atoms. The SMILES string of the molecule is COc1ccc(CN(C(=O)COc2ccc(S(=O)(=O)Nc3ccc(F)cc3)cc2)C(C(=O)NCc2ccc3c(c2)OCO3)c2ccccc2)cc1. The second-order valence-corrected chi connectivity index (χ2v) is 13.1. The van der Waals surface area contributed by atoms with Crippen LogP contribution < -0.4 is 29.0 Å². The molecule has 1 aliphatic rings. The topological polar surface area (TPSA) is 132 Å². The molecule has 0 fully saturated rings. The summed E-state index contributed by atoms with van der Waals surface area (Å²) in [5.74, 6) is 0.687. The van der Waals surface area contributed by atoms with Crippen molar-refractivity contribution in [1.82, 2.24) is 10.2 Å². The Kier molecular flexibility index (Phi) is 10.7. The Morgan fingerprint density at radius 2 is 1.49 bits per heavy atom. The van der Waals surface area contributed by atoms with Gasteiger partial charge in [-0.25, -0.2) is 12.8 Å². The van der Waals surface area contributed by atoms with Crippen molar-refractivity contribution in [3.8, 4) is 23.0 Å². The summed E-state index contributed by atoms with van der Waals surface area (Å²) in [5.41, 5.74) is 2.32. The van der Waals surface area contributed by atoms with Gasteiger partial charge in [0.2, 0.25) is 12.7 Å². The minimum Gasteiger partial charge on any atom is -0.497 e. The van der Waals surface area contributed by atoms with Gasteiger partial charge >= 0.3 is 0 Å². The van der Waals surface area contributed by atoms with Crippen LogP contribution in [0.1, 0.15) is 22.7 Å². The van der Waals surface area contributed by atoms with Crippen LogP contribution >= 0.6 is 0 Å². The lowest BCUT2D eigenvalue weighted by Gasteiger charge is -2.31. The maximum atomic E-state index is 14.1. The molecule has 262 valence electrons. The van der Waals surface area contributed by atoms with Crippen molar-refractivity contribution in [2.24, 2.45) is 0 Å². The highest BCUT2D eigenvalue weighted by molar-refractivity contribution is 7.92. The second-order valence-electron chi connectivity index (χ2n) is 11.5. The van der Waals surface area contributed by atoms with Crippen LogP contribution in [0.2, 0.25) is 0 Å². The number of methoxy groups -OCH3 is 1. The number of hydrogen-bond donors (Lipinski definition) is 2. The first-order valence-electron chi connectivity index (χ1n) is 15.8. The molecule has 6 rings (SSSR count). The van der Waals surface area contributed by atoms with E-state index in [1.807, 2.05) is 24.3 Å². The Morgan fingerprint density at radius 1 is 0.824 bits per heavy atom. The first kappa shape index (κ1) is 34.8. The van der Waals surface area contributed by atoms with Crippen LogP contribution in [0.15, 0.2) is 126 Å². The van der Waals surface area contributed by atoms with Crippen LogP contribution in [0, 0.1) is 5.82 Å². The summed E-state index contributed by atoms with van der Waals surface area (Å²) in [6, 6.07) is 30.9. The van der Waals surface area contributed by atoms with E-state index in [4.69, 9.17) is 18.9 Å². The summed E-state index contributed by atoms with van der Waals surface area (Å²) >= 11 is 0. The van der Waals surface area contributed by atoms with E-state index >= 15 is 0 Å². The molecule has 2 N–H and O–H groups in total. The minimum atomic E-state index is -3.98. The van der Waals surface area contributed by atoms with Gasteiger partial charge in [0.1, 0.15) is 23.4 Å². The van der Waals surface area contributed by atoms with E-state index in [1.165, 1.54) is 41.3 Å². The maximum absolute atomic E-state index is 14.1. The molecule has 0 aromatic heterocycles. The van der Waals surface area contributed by atoms with Crippen LogP contribution in [0.3, 0.4) is 0 Å². The number of amides is 2. The average molecular weight is 712 g/mol. The van der Waals surface area contributed by atoms with Crippen molar-refractivity contribution in [1.29, 1.82) is 0 Å². The smallest absolute Gasteiger partial charge is 0.261 e. The number of rotatable bonds is 14. The zero-order valence-corrected chi connectivity index (χ0v) is 28.3. The molecule has 0 aliphatic carbocycles. The molecule has 1 unspecified atom stereocenters. The van der Waals surface area contributed by atoms with Crippen LogP contribution in [-0.4, -0.2) is 45.6 Å². The van der Waals surface area contributed by atoms with E-state index in [0.29, 0.717) is 22.8 Å². The number of nitrogens with zero attached hydrogens (tertiary/aromatic N) is 1. The van der Waals surface area contributed by atoms with E-state index in [2.05, 4.69) is 10.0 Å². The normalized spacial score (nSPS) is 12.4. The fourth-order valence-electron chi connectivity index (χ4n) is 5.37. The lowest BCUT2D eigenvalue weighted by Crippen LogP contribution is -2.45. The Balaban J connectivity index is 1.21. The van der Waals surface area contributed by atoms with E-state index in [9.17, 15) is 22.4 Å². The number of benzene rings is 5.